The van der Waals surface area contributed by atoms with Crippen molar-refractivity contribution in [3.05, 3.63) is 59.4 Å². The first-order valence-electron chi connectivity index (χ1n) is 6.20. The molecule has 1 unspecified atom stereocenters. The second-order valence-corrected chi connectivity index (χ2v) is 4.44. The van der Waals surface area contributed by atoms with Crippen molar-refractivity contribution in [3.63, 3.8) is 0 Å². The first-order valence-corrected chi connectivity index (χ1v) is 6.20. The summed E-state index contributed by atoms with van der Waals surface area (Å²) < 4.78 is 18.6. The summed E-state index contributed by atoms with van der Waals surface area (Å²) in [5.74, 6) is 0.435. The molecular formula is C16H15FN2O. The summed E-state index contributed by atoms with van der Waals surface area (Å²) in [7, 11) is 1.59. The van der Waals surface area contributed by atoms with Crippen LogP contribution >= 0.6 is 0 Å². The average molecular weight is 270 g/mol. The van der Waals surface area contributed by atoms with E-state index < -0.39 is 6.04 Å². The molecule has 2 rings (SSSR count). The van der Waals surface area contributed by atoms with Crippen LogP contribution in [-0.4, -0.2) is 7.11 Å². The Hall–Kier alpha value is -2.54. The van der Waals surface area contributed by atoms with Crippen molar-refractivity contribution < 1.29 is 9.13 Å². The Bertz CT molecular complexity index is 632. The number of methoxy groups -OCH3 is 1. The molecule has 0 aliphatic carbocycles. The van der Waals surface area contributed by atoms with Crippen LogP contribution in [-0.2, 0) is 0 Å². The molecule has 0 amide bonds. The van der Waals surface area contributed by atoms with Crippen LogP contribution in [0.15, 0.2) is 42.5 Å². The number of nitrogens with zero attached hydrogens (tertiary/aromatic N) is 1. The van der Waals surface area contributed by atoms with Gasteiger partial charge in [0.05, 0.1) is 13.2 Å². The largest absolute Gasteiger partial charge is 0.497 e. The highest BCUT2D eigenvalue weighted by Gasteiger charge is 2.12. The molecule has 0 heterocycles. The first-order chi connectivity index (χ1) is 9.63. The van der Waals surface area contributed by atoms with E-state index in [-0.39, 0.29) is 5.82 Å². The van der Waals surface area contributed by atoms with Gasteiger partial charge in [-0.15, -0.1) is 0 Å². The number of ether oxygens (including phenoxy) is 1. The second-order valence-electron chi connectivity index (χ2n) is 4.44. The van der Waals surface area contributed by atoms with Gasteiger partial charge < -0.3 is 10.1 Å². The minimum Gasteiger partial charge on any atom is -0.497 e. The van der Waals surface area contributed by atoms with E-state index in [1.807, 2.05) is 12.1 Å². The number of anilines is 1. The Balaban J connectivity index is 2.19. The molecule has 0 spiro atoms. The standard InChI is InChI=1S/C16H15FN2O/c1-11-3-4-12(9-15(11)17)16(10-18)19-13-5-7-14(20-2)8-6-13/h3-9,16,19H,1-2H3. The van der Waals surface area contributed by atoms with Crippen molar-refractivity contribution in [2.24, 2.45) is 0 Å². The maximum Gasteiger partial charge on any atom is 0.140 e. The van der Waals surface area contributed by atoms with E-state index in [9.17, 15) is 9.65 Å². The van der Waals surface area contributed by atoms with Gasteiger partial charge in [-0.05, 0) is 48.4 Å². The van der Waals surface area contributed by atoms with Gasteiger partial charge in [0.25, 0.3) is 0 Å². The van der Waals surface area contributed by atoms with Crippen LogP contribution < -0.4 is 10.1 Å². The van der Waals surface area contributed by atoms with Gasteiger partial charge in [-0.3, -0.25) is 0 Å². The molecule has 2 aromatic rings. The molecule has 0 bridgehead atoms. The fourth-order valence-electron chi connectivity index (χ4n) is 1.83. The number of nitrogens with one attached hydrogen (secondary N) is 1. The van der Waals surface area contributed by atoms with E-state index in [2.05, 4.69) is 11.4 Å². The molecule has 4 heteroatoms. The van der Waals surface area contributed by atoms with Gasteiger partial charge in [0.1, 0.15) is 17.6 Å². The average Bonchev–Trinajstić information content (AvgIpc) is 2.48. The lowest BCUT2D eigenvalue weighted by molar-refractivity contribution is 0.415. The molecule has 0 saturated heterocycles. The quantitative estimate of drug-likeness (QED) is 0.918. The minimum atomic E-state index is -0.599. The molecule has 0 aliphatic heterocycles. The van der Waals surface area contributed by atoms with Gasteiger partial charge in [-0.2, -0.15) is 5.26 Å². The fourth-order valence-corrected chi connectivity index (χ4v) is 1.83. The Morgan fingerprint density at radius 2 is 1.90 bits per heavy atom. The molecule has 1 atom stereocenters. The van der Waals surface area contributed by atoms with Gasteiger partial charge in [0, 0.05) is 5.69 Å². The highest BCUT2D eigenvalue weighted by Crippen LogP contribution is 2.22. The van der Waals surface area contributed by atoms with E-state index in [0.717, 1.165) is 11.4 Å². The molecule has 20 heavy (non-hydrogen) atoms. The zero-order chi connectivity index (χ0) is 14.5. The Labute approximate surface area is 117 Å². The number of aryl methyl sites for hydroxylation is 1. The summed E-state index contributed by atoms with van der Waals surface area (Å²) in [5.41, 5.74) is 1.94. The summed E-state index contributed by atoms with van der Waals surface area (Å²) in [6.07, 6.45) is 0. The molecule has 0 radical (unpaired) electrons. The van der Waals surface area contributed by atoms with Crippen LogP contribution in [0.5, 0.6) is 5.75 Å². The van der Waals surface area contributed by atoms with Gasteiger partial charge in [-0.25, -0.2) is 4.39 Å². The molecule has 102 valence electrons. The lowest BCUT2D eigenvalue weighted by atomic mass is 10.1. The van der Waals surface area contributed by atoms with Crippen molar-refractivity contribution in [2.45, 2.75) is 13.0 Å². The predicted octanol–water partition coefficient (Wildman–Crippen LogP) is 3.82. The first kappa shape index (κ1) is 13.9. The van der Waals surface area contributed by atoms with E-state index in [1.54, 1.807) is 38.3 Å². The van der Waals surface area contributed by atoms with Crippen molar-refractivity contribution in [1.29, 1.82) is 5.26 Å². The smallest absolute Gasteiger partial charge is 0.140 e. The summed E-state index contributed by atoms with van der Waals surface area (Å²) in [6, 6.07) is 13.6. The summed E-state index contributed by atoms with van der Waals surface area (Å²) in [5, 5.41) is 12.3. The third-order valence-corrected chi connectivity index (χ3v) is 3.06. The van der Waals surface area contributed by atoms with Crippen LogP contribution in [0.25, 0.3) is 0 Å². The van der Waals surface area contributed by atoms with Crippen LogP contribution in [0.4, 0.5) is 10.1 Å². The number of hydrogen-bond donors (Lipinski definition) is 1. The zero-order valence-electron chi connectivity index (χ0n) is 11.4. The van der Waals surface area contributed by atoms with Crippen molar-refractivity contribution in [3.8, 4) is 11.8 Å². The lowest BCUT2D eigenvalue weighted by Crippen LogP contribution is -2.09. The summed E-state index contributed by atoms with van der Waals surface area (Å²) >= 11 is 0. The third-order valence-electron chi connectivity index (χ3n) is 3.06. The normalized spacial score (nSPS) is 11.5. The Morgan fingerprint density at radius 1 is 1.20 bits per heavy atom. The second kappa shape index (κ2) is 6.07. The highest BCUT2D eigenvalue weighted by molar-refractivity contribution is 5.50. The molecule has 0 saturated carbocycles. The van der Waals surface area contributed by atoms with Gasteiger partial charge in [0.2, 0.25) is 0 Å². The maximum absolute atomic E-state index is 13.6. The van der Waals surface area contributed by atoms with Crippen LogP contribution in [0.2, 0.25) is 0 Å². The van der Waals surface area contributed by atoms with Crippen molar-refractivity contribution in [1.82, 2.24) is 0 Å². The minimum absolute atomic E-state index is 0.306. The molecule has 1 N–H and O–H groups in total. The molecule has 0 aliphatic rings. The van der Waals surface area contributed by atoms with E-state index in [0.29, 0.717) is 11.1 Å². The number of rotatable bonds is 4. The third kappa shape index (κ3) is 3.07. The van der Waals surface area contributed by atoms with E-state index >= 15 is 0 Å². The highest BCUT2D eigenvalue weighted by atomic mass is 19.1. The lowest BCUT2D eigenvalue weighted by Gasteiger charge is -2.14. The monoisotopic (exact) mass is 270 g/mol. The van der Waals surface area contributed by atoms with Gasteiger partial charge in [0.15, 0.2) is 0 Å². The van der Waals surface area contributed by atoms with E-state index in [4.69, 9.17) is 4.74 Å². The SMILES string of the molecule is COc1ccc(NC(C#N)c2ccc(C)c(F)c2)cc1. The molecular weight excluding hydrogens is 255 g/mol. The van der Waals surface area contributed by atoms with Gasteiger partial charge >= 0.3 is 0 Å². The van der Waals surface area contributed by atoms with E-state index in [1.165, 1.54) is 6.07 Å². The summed E-state index contributed by atoms with van der Waals surface area (Å²) in [4.78, 5) is 0. The Kier molecular flexibility index (Phi) is 4.21. The Morgan fingerprint density at radius 3 is 2.45 bits per heavy atom. The number of benzene rings is 2. The summed E-state index contributed by atoms with van der Waals surface area (Å²) in [6.45, 7) is 1.69. The van der Waals surface area contributed by atoms with Crippen LogP contribution in [0.1, 0.15) is 17.2 Å². The molecule has 0 fully saturated rings. The molecule has 2 aromatic carbocycles. The number of hydrogen-bond acceptors (Lipinski definition) is 3. The van der Waals surface area contributed by atoms with Crippen LogP contribution in [0, 0.1) is 24.1 Å². The zero-order valence-corrected chi connectivity index (χ0v) is 11.4. The number of halogens is 1. The fraction of sp³-hybridized carbons (Fsp3) is 0.188. The van der Waals surface area contributed by atoms with Crippen molar-refractivity contribution in [2.75, 3.05) is 12.4 Å². The predicted molar refractivity (Wildman–Crippen MR) is 76.1 cm³/mol. The maximum atomic E-state index is 13.6. The molecule has 0 aromatic heterocycles. The van der Waals surface area contributed by atoms with Crippen molar-refractivity contribution >= 4 is 5.69 Å². The molecule has 3 nitrogen and oxygen atoms in total. The number of nitriles is 1. The van der Waals surface area contributed by atoms with Gasteiger partial charge in [-0.1, -0.05) is 12.1 Å². The van der Waals surface area contributed by atoms with Crippen LogP contribution in [0.3, 0.4) is 0 Å². The topological polar surface area (TPSA) is 45.0 Å².